The van der Waals surface area contributed by atoms with Crippen molar-refractivity contribution >= 4 is 11.9 Å². The van der Waals surface area contributed by atoms with Crippen LogP contribution in [0.15, 0.2) is 0 Å². The summed E-state index contributed by atoms with van der Waals surface area (Å²) in [6, 6.07) is 0.231. The maximum Gasteiger partial charge on any atom is 0.323 e. The highest BCUT2D eigenvalue weighted by atomic mass is 16.5. The van der Waals surface area contributed by atoms with Gasteiger partial charge in [0.25, 0.3) is 0 Å². The van der Waals surface area contributed by atoms with Gasteiger partial charge >= 0.3 is 6.01 Å². The Kier molecular flexibility index (Phi) is 5.97. The van der Waals surface area contributed by atoms with Crippen molar-refractivity contribution in [3.8, 4) is 6.01 Å². The lowest BCUT2D eigenvalue weighted by molar-refractivity contribution is 0.158. The zero-order valence-electron chi connectivity index (χ0n) is 10.1. The first kappa shape index (κ1) is 13.4. The molecule has 0 unspecified atom stereocenters. The molecule has 1 aromatic heterocycles. The summed E-state index contributed by atoms with van der Waals surface area (Å²) in [5.74, 6) is 5.90. The molecule has 0 aliphatic heterocycles. The van der Waals surface area contributed by atoms with Crippen LogP contribution in [-0.4, -0.2) is 41.3 Å². The summed E-state index contributed by atoms with van der Waals surface area (Å²) in [6.45, 7) is 6.13. The van der Waals surface area contributed by atoms with E-state index < -0.39 is 0 Å². The second kappa shape index (κ2) is 7.58. The Bertz CT molecular complexity index is 335. The van der Waals surface area contributed by atoms with Gasteiger partial charge in [-0.05, 0) is 13.8 Å². The largest absolute Gasteiger partial charge is 0.464 e. The Hall–Kier alpha value is -1.67. The van der Waals surface area contributed by atoms with Gasteiger partial charge in [0.1, 0.15) is 0 Å². The van der Waals surface area contributed by atoms with Crippen molar-refractivity contribution in [2.24, 2.45) is 5.84 Å². The zero-order valence-corrected chi connectivity index (χ0v) is 10.1. The Labute approximate surface area is 99.9 Å². The van der Waals surface area contributed by atoms with Gasteiger partial charge in [-0.3, -0.25) is 5.43 Å². The van der Waals surface area contributed by atoms with Crippen LogP contribution in [0.5, 0.6) is 6.01 Å². The molecular weight excluding hydrogens is 224 g/mol. The van der Waals surface area contributed by atoms with Gasteiger partial charge in [0, 0.05) is 13.2 Å². The average molecular weight is 242 g/mol. The molecule has 8 nitrogen and oxygen atoms in total. The molecule has 1 heterocycles. The molecule has 96 valence electrons. The number of nitrogens with two attached hydrogens (primary N) is 1. The van der Waals surface area contributed by atoms with Crippen molar-refractivity contribution in [1.82, 2.24) is 15.0 Å². The van der Waals surface area contributed by atoms with E-state index in [0.717, 1.165) is 0 Å². The predicted octanol–water partition coefficient (Wildman–Crippen LogP) is 0.00430. The van der Waals surface area contributed by atoms with Crippen LogP contribution in [-0.2, 0) is 4.74 Å². The molecule has 8 heteroatoms. The van der Waals surface area contributed by atoms with Gasteiger partial charge < -0.3 is 14.8 Å². The van der Waals surface area contributed by atoms with Crippen molar-refractivity contribution in [2.75, 3.05) is 37.1 Å². The van der Waals surface area contributed by atoms with Gasteiger partial charge in [-0.25, -0.2) is 5.84 Å². The van der Waals surface area contributed by atoms with Gasteiger partial charge in [-0.15, -0.1) is 0 Å². The van der Waals surface area contributed by atoms with Gasteiger partial charge in [0.2, 0.25) is 11.9 Å². The quantitative estimate of drug-likeness (QED) is 0.332. The van der Waals surface area contributed by atoms with E-state index in [1.807, 2.05) is 13.8 Å². The fourth-order valence-electron chi connectivity index (χ4n) is 1.07. The number of aromatic nitrogens is 3. The Balaban J connectivity index is 2.59. The standard InChI is InChI=1S/C9H18N6O2/c1-3-16-6-5-11-7-12-8(15-10)14-9(13-7)17-4-2/h3-6,10H2,1-2H3,(H2,11,12,13,14,15). The highest BCUT2D eigenvalue weighted by Crippen LogP contribution is 2.09. The van der Waals surface area contributed by atoms with Crippen LogP contribution in [0.25, 0.3) is 0 Å². The number of ether oxygens (including phenoxy) is 2. The number of anilines is 2. The Morgan fingerprint density at radius 1 is 1.12 bits per heavy atom. The molecule has 0 saturated carbocycles. The number of nitrogens with one attached hydrogen (secondary N) is 2. The number of hydrogen-bond acceptors (Lipinski definition) is 8. The summed E-state index contributed by atoms with van der Waals surface area (Å²) in [4.78, 5) is 12.0. The van der Waals surface area contributed by atoms with Crippen LogP contribution in [0.3, 0.4) is 0 Å². The molecule has 17 heavy (non-hydrogen) atoms. The first-order valence-electron chi connectivity index (χ1n) is 5.47. The number of hydrazine groups is 1. The molecule has 0 spiro atoms. The van der Waals surface area contributed by atoms with Gasteiger partial charge in [-0.2, -0.15) is 15.0 Å². The fourth-order valence-corrected chi connectivity index (χ4v) is 1.07. The van der Waals surface area contributed by atoms with E-state index in [1.54, 1.807) is 0 Å². The van der Waals surface area contributed by atoms with E-state index in [2.05, 4.69) is 25.7 Å². The van der Waals surface area contributed by atoms with Gasteiger partial charge in [0.05, 0.1) is 13.2 Å². The van der Waals surface area contributed by atoms with E-state index in [4.69, 9.17) is 15.3 Å². The second-order valence-corrected chi connectivity index (χ2v) is 2.97. The van der Waals surface area contributed by atoms with Crippen molar-refractivity contribution < 1.29 is 9.47 Å². The minimum absolute atomic E-state index is 0.231. The fraction of sp³-hybridized carbons (Fsp3) is 0.667. The summed E-state index contributed by atoms with van der Waals surface area (Å²) < 4.78 is 10.4. The van der Waals surface area contributed by atoms with Crippen molar-refractivity contribution in [1.29, 1.82) is 0 Å². The molecular formula is C9H18N6O2. The van der Waals surface area contributed by atoms with Crippen LogP contribution in [0, 0.1) is 0 Å². The predicted molar refractivity (Wildman–Crippen MR) is 63.8 cm³/mol. The molecule has 0 fully saturated rings. The third-order valence-electron chi connectivity index (χ3n) is 1.75. The van der Waals surface area contributed by atoms with E-state index >= 15 is 0 Å². The normalized spacial score (nSPS) is 10.1. The SMILES string of the molecule is CCOCCNc1nc(NN)nc(OCC)n1. The van der Waals surface area contributed by atoms with E-state index in [1.165, 1.54) is 0 Å². The van der Waals surface area contributed by atoms with Crippen LogP contribution < -0.4 is 21.3 Å². The van der Waals surface area contributed by atoms with E-state index in [9.17, 15) is 0 Å². The van der Waals surface area contributed by atoms with Crippen molar-refractivity contribution in [2.45, 2.75) is 13.8 Å². The maximum absolute atomic E-state index is 5.25. The lowest BCUT2D eigenvalue weighted by atomic mass is 10.6. The Morgan fingerprint density at radius 3 is 2.53 bits per heavy atom. The summed E-state index contributed by atoms with van der Waals surface area (Å²) in [7, 11) is 0. The molecule has 0 atom stereocenters. The first-order chi connectivity index (χ1) is 8.30. The molecule has 1 rings (SSSR count). The molecule has 0 aliphatic carbocycles. The zero-order chi connectivity index (χ0) is 12.5. The number of rotatable bonds is 8. The highest BCUT2D eigenvalue weighted by Gasteiger charge is 2.05. The summed E-state index contributed by atoms with van der Waals surface area (Å²) in [5, 5.41) is 2.99. The maximum atomic E-state index is 5.25. The summed E-state index contributed by atoms with van der Waals surface area (Å²) in [5.41, 5.74) is 2.35. The van der Waals surface area contributed by atoms with E-state index in [-0.39, 0.29) is 12.0 Å². The molecule has 0 saturated heterocycles. The average Bonchev–Trinajstić information content (AvgIpc) is 2.35. The smallest absolute Gasteiger partial charge is 0.323 e. The molecule has 0 aliphatic rings. The van der Waals surface area contributed by atoms with Gasteiger partial charge in [0.15, 0.2) is 0 Å². The summed E-state index contributed by atoms with van der Waals surface area (Å²) >= 11 is 0. The van der Waals surface area contributed by atoms with E-state index in [0.29, 0.717) is 32.3 Å². The minimum Gasteiger partial charge on any atom is -0.464 e. The third-order valence-corrected chi connectivity index (χ3v) is 1.75. The highest BCUT2D eigenvalue weighted by molar-refractivity contribution is 5.34. The molecule has 0 amide bonds. The molecule has 0 radical (unpaired) electrons. The number of nitrogen functional groups attached to an aromatic ring is 1. The van der Waals surface area contributed by atoms with Crippen molar-refractivity contribution in [3.63, 3.8) is 0 Å². The van der Waals surface area contributed by atoms with Crippen LogP contribution in [0.1, 0.15) is 13.8 Å². The first-order valence-corrected chi connectivity index (χ1v) is 5.47. The third kappa shape index (κ3) is 4.79. The minimum atomic E-state index is 0.231. The second-order valence-electron chi connectivity index (χ2n) is 2.97. The Morgan fingerprint density at radius 2 is 1.88 bits per heavy atom. The summed E-state index contributed by atoms with van der Waals surface area (Å²) in [6.07, 6.45) is 0. The topological polar surface area (TPSA) is 107 Å². The lowest BCUT2D eigenvalue weighted by Gasteiger charge is -2.08. The van der Waals surface area contributed by atoms with Gasteiger partial charge in [-0.1, -0.05) is 0 Å². The molecule has 1 aromatic rings. The number of hydrogen-bond donors (Lipinski definition) is 3. The van der Waals surface area contributed by atoms with Crippen LogP contribution >= 0.6 is 0 Å². The number of nitrogens with zero attached hydrogens (tertiary/aromatic N) is 3. The monoisotopic (exact) mass is 242 g/mol. The lowest BCUT2D eigenvalue weighted by Crippen LogP contribution is -2.16. The molecule has 4 N–H and O–H groups in total. The van der Waals surface area contributed by atoms with Crippen LogP contribution in [0.2, 0.25) is 0 Å². The van der Waals surface area contributed by atoms with Crippen molar-refractivity contribution in [3.05, 3.63) is 0 Å². The molecule has 0 aromatic carbocycles. The molecule has 0 bridgehead atoms. The van der Waals surface area contributed by atoms with Crippen LogP contribution in [0.4, 0.5) is 11.9 Å².